The van der Waals surface area contributed by atoms with E-state index in [4.69, 9.17) is 15.2 Å². The Labute approximate surface area is 153 Å². The van der Waals surface area contributed by atoms with Gasteiger partial charge < -0.3 is 15.2 Å². The van der Waals surface area contributed by atoms with Crippen molar-refractivity contribution in [1.29, 1.82) is 0 Å². The first-order chi connectivity index (χ1) is 12.8. The zero-order valence-corrected chi connectivity index (χ0v) is 14.4. The second-order valence-electron chi connectivity index (χ2n) is 5.84. The second-order valence-corrected chi connectivity index (χ2v) is 5.84. The maximum atomic E-state index is 11.9. The van der Waals surface area contributed by atoms with Crippen LogP contribution in [0.2, 0.25) is 0 Å². The van der Waals surface area contributed by atoms with Gasteiger partial charge in [0.05, 0.1) is 6.54 Å². The Morgan fingerprint density at radius 2 is 1.27 bits per heavy atom. The van der Waals surface area contributed by atoms with Gasteiger partial charge >= 0.3 is 0 Å². The highest BCUT2D eigenvalue weighted by Gasteiger charge is 2.11. The van der Waals surface area contributed by atoms with E-state index in [-0.39, 0.29) is 12.3 Å². The van der Waals surface area contributed by atoms with Crippen LogP contribution in [0.5, 0.6) is 11.5 Å². The first-order valence-electron chi connectivity index (χ1n) is 8.47. The lowest BCUT2D eigenvalue weighted by atomic mass is 10.1. The third-order valence-electron chi connectivity index (χ3n) is 3.93. The Morgan fingerprint density at radius 1 is 0.731 bits per heavy atom. The monoisotopic (exact) mass is 347 g/mol. The molecule has 4 nitrogen and oxygen atoms in total. The maximum absolute atomic E-state index is 11.9. The molecule has 0 aliphatic heterocycles. The number of nitrogens with two attached hydrogens (primary N) is 1. The summed E-state index contributed by atoms with van der Waals surface area (Å²) in [5.41, 5.74) is 8.08. The van der Waals surface area contributed by atoms with Crippen molar-refractivity contribution in [2.24, 2.45) is 5.73 Å². The Morgan fingerprint density at radius 3 is 1.81 bits per heavy atom. The number of carbonyl (C=O) groups is 1. The highest BCUT2D eigenvalue weighted by Crippen LogP contribution is 2.30. The molecular weight excluding hydrogens is 326 g/mol. The molecule has 132 valence electrons. The second kappa shape index (κ2) is 8.83. The highest BCUT2D eigenvalue weighted by molar-refractivity contribution is 5.98. The van der Waals surface area contributed by atoms with Crippen LogP contribution in [0, 0.1) is 0 Å². The number of carbonyl (C=O) groups excluding carboxylic acids is 1. The van der Waals surface area contributed by atoms with Gasteiger partial charge in [0, 0.05) is 5.56 Å². The maximum Gasteiger partial charge on any atom is 0.176 e. The Hall–Kier alpha value is -3.11. The van der Waals surface area contributed by atoms with Crippen molar-refractivity contribution in [3.8, 4) is 11.5 Å². The number of Topliss-reactive ketones (excluding diaryl/α,β-unsaturated/α-hetero) is 1. The molecule has 3 aromatic carbocycles. The molecule has 0 fully saturated rings. The molecule has 3 aromatic rings. The molecule has 0 spiro atoms. The summed E-state index contributed by atoms with van der Waals surface area (Å²) < 4.78 is 11.8. The average Bonchev–Trinajstić information content (AvgIpc) is 2.72. The van der Waals surface area contributed by atoms with Gasteiger partial charge in [0.2, 0.25) is 0 Å². The van der Waals surface area contributed by atoms with Crippen molar-refractivity contribution in [2.45, 2.75) is 13.2 Å². The van der Waals surface area contributed by atoms with E-state index in [9.17, 15) is 4.79 Å². The first-order valence-corrected chi connectivity index (χ1v) is 8.47. The number of ether oxygens (including phenoxy) is 2. The van der Waals surface area contributed by atoms with Crippen LogP contribution < -0.4 is 15.2 Å². The lowest BCUT2D eigenvalue weighted by Crippen LogP contribution is -2.13. The van der Waals surface area contributed by atoms with Crippen LogP contribution >= 0.6 is 0 Å². The van der Waals surface area contributed by atoms with Crippen molar-refractivity contribution in [3.63, 3.8) is 0 Å². The van der Waals surface area contributed by atoms with Gasteiger partial charge in [-0.3, -0.25) is 4.79 Å². The number of rotatable bonds is 8. The van der Waals surface area contributed by atoms with Crippen molar-refractivity contribution >= 4 is 5.78 Å². The fourth-order valence-corrected chi connectivity index (χ4v) is 2.50. The van der Waals surface area contributed by atoms with Gasteiger partial charge in [0.25, 0.3) is 0 Å². The predicted octanol–water partition coefficient (Wildman–Crippen LogP) is 3.99. The van der Waals surface area contributed by atoms with E-state index in [1.54, 1.807) is 18.2 Å². The molecule has 0 aliphatic rings. The first kappa shape index (κ1) is 17.7. The van der Waals surface area contributed by atoms with Gasteiger partial charge in [0.1, 0.15) is 13.2 Å². The molecule has 0 saturated carbocycles. The minimum absolute atomic E-state index is 0.0393. The molecule has 0 amide bonds. The molecule has 0 radical (unpaired) electrons. The van der Waals surface area contributed by atoms with Crippen LogP contribution in [0.1, 0.15) is 21.5 Å². The third-order valence-corrected chi connectivity index (χ3v) is 3.93. The lowest BCUT2D eigenvalue weighted by molar-refractivity contribution is 0.100. The summed E-state index contributed by atoms with van der Waals surface area (Å²) in [4.78, 5) is 11.9. The summed E-state index contributed by atoms with van der Waals surface area (Å²) in [6, 6.07) is 24.9. The molecule has 0 unspecified atom stereocenters. The van der Waals surface area contributed by atoms with E-state index in [1.807, 2.05) is 60.7 Å². The summed E-state index contributed by atoms with van der Waals surface area (Å²) >= 11 is 0. The van der Waals surface area contributed by atoms with Crippen molar-refractivity contribution in [1.82, 2.24) is 0 Å². The Bertz CT molecular complexity index is 848. The number of hydrogen-bond acceptors (Lipinski definition) is 4. The van der Waals surface area contributed by atoms with E-state index >= 15 is 0 Å². The molecule has 0 aliphatic carbocycles. The third kappa shape index (κ3) is 4.71. The van der Waals surface area contributed by atoms with Crippen LogP contribution in [0.15, 0.2) is 78.9 Å². The van der Waals surface area contributed by atoms with Crippen molar-refractivity contribution in [3.05, 3.63) is 95.6 Å². The minimum Gasteiger partial charge on any atom is -0.485 e. The molecule has 0 bridgehead atoms. The van der Waals surface area contributed by atoms with Crippen molar-refractivity contribution < 1.29 is 14.3 Å². The number of ketones is 1. The van der Waals surface area contributed by atoms with Crippen molar-refractivity contribution in [2.75, 3.05) is 6.54 Å². The average molecular weight is 347 g/mol. The molecule has 26 heavy (non-hydrogen) atoms. The van der Waals surface area contributed by atoms with Gasteiger partial charge in [-0.25, -0.2) is 0 Å². The van der Waals surface area contributed by atoms with Crippen LogP contribution in [0.4, 0.5) is 0 Å². The van der Waals surface area contributed by atoms with E-state index in [1.165, 1.54) is 0 Å². The highest BCUT2D eigenvalue weighted by atomic mass is 16.5. The molecule has 3 rings (SSSR count). The molecule has 0 heterocycles. The van der Waals surface area contributed by atoms with E-state index < -0.39 is 0 Å². The molecule has 4 heteroatoms. The minimum atomic E-state index is -0.135. The predicted molar refractivity (Wildman–Crippen MR) is 101 cm³/mol. The Balaban J connectivity index is 1.78. The summed E-state index contributed by atoms with van der Waals surface area (Å²) in [6.07, 6.45) is 0. The van der Waals surface area contributed by atoms with Gasteiger partial charge in [0.15, 0.2) is 17.3 Å². The van der Waals surface area contributed by atoms with E-state index in [0.717, 1.165) is 11.1 Å². The van der Waals surface area contributed by atoms with Gasteiger partial charge in [-0.15, -0.1) is 0 Å². The van der Waals surface area contributed by atoms with E-state index in [2.05, 4.69) is 0 Å². The normalized spacial score (nSPS) is 10.3. The molecule has 0 atom stereocenters. The number of benzene rings is 3. The largest absolute Gasteiger partial charge is 0.485 e. The zero-order chi connectivity index (χ0) is 18.2. The molecular formula is C22H21NO3. The van der Waals surface area contributed by atoms with Gasteiger partial charge in [-0.2, -0.15) is 0 Å². The fraction of sp³-hybridized carbons (Fsp3) is 0.136. The van der Waals surface area contributed by atoms with Gasteiger partial charge in [-0.1, -0.05) is 60.7 Å². The summed E-state index contributed by atoms with van der Waals surface area (Å²) in [5, 5.41) is 0. The standard InChI is InChI=1S/C22H21NO3/c23-14-20(24)19-11-12-21(25-15-17-7-3-1-4-8-17)22(13-19)26-16-18-9-5-2-6-10-18/h1-13H,14-16,23H2. The Kier molecular flexibility index (Phi) is 6.01. The van der Waals surface area contributed by atoms with Gasteiger partial charge in [-0.05, 0) is 29.3 Å². The number of hydrogen-bond donors (Lipinski definition) is 1. The summed E-state index contributed by atoms with van der Waals surface area (Å²) in [7, 11) is 0. The quantitative estimate of drug-likeness (QED) is 0.626. The van der Waals surface area contributed by atoms with Crippen LogP contribution in [-0.4, -0.2) is 12.3 Å². The molecule has 2 N–H and O–H groups in total. The lowest BCUT2D eigenvalue weighted by Gasteiger charge is -2.14. The van der Waals surface area contributed by atoms with Crippen LogP contribution in [-0.2, 0) is 13.2 Å². The van der Waals surface area contributed by atoms with Crippen LogP contribution in [0.3, 0.4) is 0 Å². The SMILES string of the molecule is NCC(=O)c1ccc(OCc2ccccc2)c(OCc2ccccc2)c1. The summed E-state index contributed by atoms with van der Waals surface area (Å²) in [5.74, 6) is 0.992. The smallest absolute Gasteiger partial charge is 0.176 e. The fourth-order valence-electron chi connectivity index (χ4n) is 2.50. The van der Waals surface area contributed by atoms with Crippen LogP contribution in [0.25, 0.3) is 0 Å². The molecule has 0 aromatic heterocycles. The summed E-state index contributed by atoms with van der Waals surface area (Å²) in [6.45, 7) is 0.776. The molecule has 0 saturated heterocycles. The zero-order valence-electron chi connectivity index (χ0n) is 14.4. The topological polar surface area (TPSA) is 61.6 Å². The van der Waals surface area contributed by atoms with E-state index in [0.29, 0.717) is 30.3 Å².